The van der Waals surface area contributed by atoms with E-state index in [2.05, 4.69) is 31.4 Å². The Bertz CT molecular complexity index is 1660. The van der Waals surface area contributed by atoms with Crippen molar-refractivity contribution < 1.29 is 27.7 Å². The zero-order valence-corrected chi connectivity index (χ0v) is 25.4. The van der Waals surface area contributed by atoms with E-state index in [1.807, 2.05) is 0 Å². The van der Waals surface area contributed by atoms with E-state index in [4.69, 9.17) is 9.15 Å². The van der Waals surface area contributed by atoms with E-state index < -0.39 is 15.6 Å². The maximum atomic E-state index is 13.1. The van der Waals surface area contributed by atoms with Crippen LogP contribution in [-0.2, 0) is 19.3 Å². The predicted molar refractivity (Wildman–Crippen MR) is 164 cm³/mol. The minimum Gasteiger partial charge on any atom is -0.466 e. The van der Waals surface area contributed by atoms with Crippen LogP contribution in [0.1, 0.15) is 63.8 Å². The zero-order valence-electron chi connectivity index (χ0n) is 24.6. The van der Waals surface area contributed by atoms with E-state index in [1.54, 1.807) is 50.2 Å². The van der Waals surface area contributed by atoms with Gasteiger partial charge in [-0.1, -0.05) is 17.9 Å². The van der Waals surface area contributed by atoms with Crippen molar-refractivity contribution in [2.45, 2.75) is 33.1 Å². The first-order chi connectivity index (χ1) is 20.6. The van der Waals surface area contributed by atoms with Gasteiger partial charge in [-0.15, -0.1) is 0 Å². The Morgan fingerprint density at radius 1 is 1.19 bits per heavy atom. The van der Waals surface area contributed by atoms with Crippen LogP contribution in [0.15, 0.2) is 63.8 Å². The number of pyridine rings is 1. The molecule has 4 rings (SSSR count). The normalized spacial score (nSPS) is 16.3. The zero-order chi connectivity index (χ0) is 30.8. The molecule has 0 radical (unpaired) electrons. The third-order valence-corrected chi connectivity index (χ3v) is 8.52. The maximum absolute atomic E-state index is 13.1. The van der Waals surface area contributed by atoms with Crippen LogP contribution in [0.5, 0.6) is 0 Å². The van der Waals surface area contributed by atoms with Crippen molar-refractivity contribution in [1.82, 2.24) is 9.88 Å². The lowest BCUT2D eigenvalue weighted by Gasteiger charge is -2.31. The molecule has 11 heteroatoms. The largest absolute Gasteiger partial charge is 0.466 e. The van der Waals surface area contributed by atoms with Gasteiger partial charge >= 0.3 is 5.97 Å². The fourth-order valence-corrected chi connectivity index (χ4v) is 5.99. The summed E-state index contributed by atoms with van der Waals surface area (Å²) in [6.07, 6.45) is 8.17. The molecule has 2 atom stereocenters. The maximum Gasteiger partial charge on any atom is 0.310 e. The van der Waals surface area contributed by atoms with Gasteiger partial charge in [0.25, 0.3) is 11.8 Å². The standard InChI is InChI=1S/C32H36N4O6S/c1-4-41-32(39)26-9-6-14-36(22-26)15-7-17-43(3,40)35-30(37)27-18-25(20-33-21-27)12-11-24-8-5-10-28(19-24)34-31(38)29-23(2)13-16-42-29/h5,8,10,13,16,18-21,26H,4,6-7,9,14-15,17,22H2,1-3H3,(H,34,38)/t26?,43-/m1/s1. The van der Waals surface area contributed by atoms with Crippen LogP contribution in [0, 0.1) is 24.7 Å². The van der Waals surface area contributed by atoms with Crippen molar-refractivity contribution in [2.75, 3.05) is 43.6 Å². The first-order valence-electron chi connectivity index (χ1n) is 14.2. The molecule has 0 bridgehead atoms. The van der Waals surface area contributed by atoms with Crippen LogP contribution in [0.25, 0.3) is 0 Å². The third kappa shape index (κ3) is 9.36. The summed E-state index contributed by atoms with van der Waals surface area (Å²) in [4.78, 5) is 43.7. The molecule has 2 amide bonds. The highest BCUT2D eigenvalue weighted by atomic mass is 32.2. The SMILES string of the molecule is CCOC(=O)C1CCCN(CCC[S@@](C)(=O)=NC(=O)c2cncc(C#Cc3cccc(NC(=O)c4occc4C)c3)c2)C1. The summed E-state index contributed by atoms with van der Waals surface area (Å²) in [6, 6.07) is 10.3. The number of furan rings is 1. The molecule has 1 aliphatic heterocycles. The Morgan fingerprint density at radius 2 is 2.00 bits per heavy atom. The van der Waals surface area contributed by atoms with Crippen LogP contribution in [0.4, 0.5) is 5.69 Å². The third-order valence-electron chi connectivity index (χ3n) is 6.92. The number of benzene rings is 1. The lowest BCUT2D eigenvalue weighted by atomic mass is 9.98. The number of aryl methyl sites for hydroxylation is 1. The van der Waals surface area contributed by atoms with Gasteiger partial charge in [-0.2, -0.15) is 4.36 Å². The summed E-state index contributed by atoms with van der Waals surface area (Å²) in [7, 11) is -2.77. The van der Waals surface area contributed by atoms with E-state index >= 15 is 0 Å². The van der Waals surface area contributed by atoms with Crippen LogP contribution in [0.2, 0.25) is 0 Å². The molecule has 1 aliphatic rings. The molecule has 43 heavy (non-hydrogen) atoms. The second-order valence-corrected chi connectivity index (χ2v) is 13.0. The first-order valence-corrected chi connectivity index (χ1v) is 16.3. The molecular formula is C32H36N4O6S. The molecule has 1 fully saturated rings. The van der Waals surface area contributed by atoms with Gasteiger partial charge in [0, 0.05) is 53.3 Å². The van der Waals surface area contributed by atoms with Crippen molar-refractivity contribution in [3.8, 4) is 11.8 Å². The molecule has 3 aromatic rings. The van der Waals surface area contributed by atoms with Gasteiger partial charge < -0.3 is 19.4 Å². The number of carbonyl (C=O) groups excluding carboxylic acids is 3. The molecule has 1 N–H and O–H groups in total. The van der Waals surface area contributed by atoms with E-state index in [-0.39, 0.29) is 34.9 Å². The Morgan fingerprint density at radius 3 is 2.77 bits per heavy atom. The molecule has 1 aromatic carbocycles. The number of aromatic nitrogens is 1. The highest BCUT2D eigenvalue weighted by Gasteiger charge is 2.26. The fraction of sp³-hybridized carbons (Fsp3) is 0.375. The van der Waals surface area contributed by atoms with Gasteiger partial charge in [-0.05, 0) is 76.5 Å². The van der Waals surface area contributed by atoms with Crippen molar-refractivity contribution in [1.29, 1.82) is 0 Å². The van der Waals surface area contributed by atoms with Crippen LogP contribution in [0.3, 0.4) is 0 Å². The number of amides is 2. The van der Waals surface area contributed by atoms with Crippen LogP contribution < -0.4 is 5.32 Å². The first kappa shape index (κ1) is 31.7. The van der Waals surface area contributed by atoms with Crippen molar-refractivity contribution in [3.63, 3.8) is 0 Å². The van der Waals surface area contributed by atoms with Crippen molar-refractivity contribution in [3.05, 3.63) is 83.1 Å². The predicted octanol–water partition coefficient (Wildman–Crippen LogP) is 4.54. The Labute approximate surface area is 252 Å². The number of likely N-dealkylation sites (tertiary alicyclic amines) is 1. The van der Waals surface area contributed by atoms with Gasteiger partial charge in [0.05, 0.1) is 34.1 Å². The molecule has 1 saturated heterocycles. The molecule has 2 aromatic heterocycles. The lowest BCUT2D eigenvalue weighted by Crippen LogP contribution is -2.40. The smallest absolute Gasteiger partial charge is 0.310 e. The second kappa shape index (κ2) is 14.8. The summed E-state index contributed by atoms with van der Waals surface area (Å²) in [5.41, 5.74) is 2.64. The Balaban J connectivity index is 1.35. The van der Waals surface area contributed by atoms with E-state index in [0.29, 0.717) is 42.9 Å². The number of carbonyl (C=O) groups is 3. The number of nitrogens with zero attached hydrogens (tertiary/aromatic N) is 3. The highest BCUT2D eigenvalue weighted by Crippen LogP contribution is 2.19. The molecular weight excluding hydrogens is 568 g/mol. The number of hydrogen-bond acceptors (Lipinski definition) is 8. The van der Waals surface area contributed by atoms with E-state index in [1.165, 1.54) is 24.9 Å². The molecule has 226 valence electrons. The summed E-state index contributed by atoms with van der Waals surface area (Å²) in [6.45, 7) is 6.14. The number of esters is 1. The monoisotopic (exact) mass is 604 g/mol. The van der Waals surface area contributed by atoms with Crippen LogP contribution >= 0.6 is 0 Å². The summed E-state index contributed by atoms with van der Waals surface area (Å²) < 4.78 is 27.5. The average molecular weight is 605 g/mol. The number of anilines is 1. The molecule has 3 heterocycles. The minimum atomic E-state index is -2.77. The summed E-state index contributed by atoms with van der Waals surface area (Å²) >= 11 is 0. The number of ether oxygens (including phenoxy) is 1. The number of piperidine rings is 1. The number of hydrogen-bond donors (Lipinski definition) is 1. The molecule has 1 unspecified atom stereocenters. The van der Waals surface area contributed by atoms with Crippen molar-refractivity contribution in [2.24, 2.45) is 10.3 Å². The Kier molecular flexibility index (Phi) is 10.9. The van der Waals surface area contributed by atoms with Crippen molar-refractivity contribution >= 4 is 33.2 Å². The van der Waals surface area contributed by atoms with E-state index in [0.717, 1.165) is 24.9 Å². The minimum absolute atomic E-state index is 0.129. The summed E-state index contributed by atoms with van der Waals surface area (Å²) in [5, 5.41) is 2.80. The van der Waals surface area contributed by atoms with Gasteiger partial charge in [0.15, 0.2) is 5.76 Å². The van der Waals surface area contributed by atoms with Crippen LogP contribution in [-0.4, -0.2) is 70.1 Å². The van der Waals surface area contributed by atoms with Gasteiger partial charge in [0.1, 0.15) is 0 Å². The number of nitrogens with one attached hydrogen (secondary N) is 1. The fourth-order valence-electron chi connectivity index (χ4n) is 4.78. The lowest BCUT2D eigenvalue weighted by molar-refractivity contribution is -0.149. The average Bonchev–Trinajstić information content (AvgIpc) is 3.42. The number of rotatable bonds is 9. The second-order valence-electron chi connectivity index (χ2n) is 10.5. The quantitative estimate of drug-likeness (QED) is 0.278. The molecule has 0 aliphatic carbocycles. The molecule has 0 spiro atoms. The Hall–Kier alpha value is -4.27. The van der Waals surface area contributed by atoms with E-state index in [9.17, 15) is 18.6 Å². The molecule has 10 nitrogen and oxygen atoms in total. The van der Waals surface area contributed by atoms with Gasteiger partial charge in [-0.3, -0.25) is 19.4 Å². The highest BCUT2D eigenvalue weighted by molar-refractivity contribution is 7.93. The van der Waals surface area contributed by atoms with Gasteiger partial charge in [0.2, 0.25) is 0 Å². The molecule has 0 saturated carbocycles. The van der Waals surface area contributed by atoms with Gasteiger partial charge in [-0.25, -0.2) is 4.21 Å². The topological polar surface area (TPSA) is 131 Å². The summed E-state index contributed by atoms with van der Waals surface area (Å²) in [5.74, 6) is 5.25.